The molecule has 4 rings (SSSR count). The van der Waals surface area contributed by atoms with Gasteiger partial charge in [0.2, 0.25) is 0 Å². The molecule has 4 aromatic rings. The first-order valence-corrected chi connectivity index (χ1v) is 12.8. The summed E-state index contributed by atoms with van der Waals surface area (Å²) in [5, 5.41) is 6.63. The predicted octanol–water partition coefficient (Wildman–Crippen LogP) is 6.97. The summed E-state index contributed by atoms with van der Waals surface area (Å²) in [5.74, 6) is -2.34. The second-order valence-corrected chi connectivity index (χ2v) is 11.1. The van der Waals surface area contributed by atoms with Crippen LogP contribution in [0.5, 0.6) is 0 Å². The van der Waals surface area contributed by atoms with E-state index in [2.05, 4.69) is 52.8 Å². The van der Waals surface area contributed by atoms with Crippen LogP contribution in [0.25, 0.3) is 10.9 Å². The standard InChI is InChI=1S/C27H23BrCl2N4O3/c1-27(2,3)16-4-7-18(8-5-16)31-25(36)26(37)33-34-22-11-6-17(28)12-15(22)13-23(34)24(35)32-19-9-10-20(29)21(30)14-19/h4-14H,1-3H3,(H,31,36)(H,32,35)(H,33,37). The van der Waals surface area contributed by atoms with E-state index in [1.165, 1.54) is 10.7 Å². The third-order valence-electron chi connectivity index (χ3n) is 5.60. The van der Waals surface area contributed by atoms with Crippen LogP contribution in [0.4, 0.5) is 11.4 Å². The van der Waals surface area contributed by atoms with Crippen LogP contribution in [0, 0.1) is 0 Å². The summed E-state index contributed by atoms with van der Waals surface area (Å²) < 4.78 is 2.07. The lowest BCUT2D eigenvalue weighted by Gasteiger charge is -2.19. The van der Waals surface area contributed by atoms with Gasteiger partial charge >= 0.3 is 11.8 Å². The molecular formula is C27H23BrCl2N4O3. The molecule has 0 radical (unpaired) electrons. The van der Waals surface area contributed by atoms with Crippen molar-refractivity contribution in [2.24, 2.45) is 0 Å². The number of carbonyl (C=O) groups is 3. The van der Waals surface area contributed by atoms with Crippen molar-refractivity contribution >= 4 is 79.1 Å². The normalized spacial score (nSPS) is 11.3. The fourth-order valence-electron chi connectivity index (χ4n) is 3.64. The Balaban J connectivity index is 1.58. The summed E-state index contributed by atoms with van der Waals surface area (Å²) in [6.07, 6.45) is 0. The zero-order valence-electron chi connectivity index (χ0n) is 20.2. The Labute approximate surface area is 232 Å². The average Bonchev–Trinajstić information content (AvgIpc) is 3.18. The van der Waals surface area contributed by atoms with Gasteiger partial charge in [-0.25, -0.2) is 4.68 Å². The average molecular weight is 602 g/mol. The SMILES string of the molecule is CC(C)(C)c1ccc(NC(=O)C(=O)Nn2c(C(=O)Nc3ccc(Cl)c(Cl)c3)cc3cc(Br)ccc32)cc1. The molecule has 10 heteroatoms. The number of halogens is 3. The highest BCUT2D eigenvalue weighted by atomic mass is 79.9. The van der Waals surface area contributed by atoms with Crippen LogP contribution in [0.1, 0.15) is 36.8 Å². The minimum absolute atomic E-state index is 0.0430. The third kappa shape index (κ3) is 6.15. The van der Waals surface area contributed by atoms with Crippen molar-refractivity contribution in [1.82, 2.24) is 4.68 Å². The first kappa shape index (κ1) is 26.7. The Bertz CT molecular complexity index is 1530. The van der Waals surface area contributed by atoms with Gasteiger partial charge in [-0.2, -0.15) is 0 Å². The van der Waals surface area contributed by atoms with E-state index in [0.717, 1.165) is 10.0 Å². The summed E-state index contributed by atoms with van der Waals surface area (Å²) in [5.41, 5.74) is 5.12. The monoisotopic (exact) mass is 600 g/mol. The second kappa shape index (κ2) is 10.6. The minimum atomic E-state index is -0.941. The van der Waals surface area contributed by atoms with Crippen LogP contribution in [0.3, 0.4) is 0 Å². The van der Waals surface area contributed by atoms with Crippen molar-refractivity contribution in [2.75, 3.05) is 16.1 Å². The van der Waals surface area contributed by atoms with Gasteiger partial charge in [0.25, 0.3) is 5.91 Å². The van der Waals surface area contributed by atoms with Gasteiger partial charge in [0.15, 0.2) is 0 Å². The number of benzene rings is 3. The van der Waals surface area contributed by atoms with Crippen LogP contribution >= 0.6 is 39.1 Å². The van der Waals surface area contributed by atoms with E-state index in [0.29, 0.717) is 27.3 Å². The van der Waals surface area contributed by atoms with Gasteiger partial charge in [-0.1, -0.05) is 72.0 Å². The molecule has 0 bridgehead atoms. The number of aromatic nitrogens is 1. The Morgan fingerprint density at radius 1 is 0.784 bits per heavy atom. The number of carbonyl (C=O) groups excluding carboxylic acids is 3. The molecule has 1 aromatic heterocycles. The molecule has 0 saturated heterocycles. The van der Waals surface area contributed by atoms with Crippen LogP contribution < -0.4 is 16.1 Å². The third-order valence-corrected chi connectivity index (χ3v) is 6.83. The summed E-state index contributed by atoms with van der Waals surface area (Å²) >= 11 is 15.4. The molecule has 190 valence electrons. The fraction of sp³-hybridized carbons (Fsp3) is 0.148. The maximum atomic E-state index is 13.2. The molecule has 0 saturated carbocycles. The van der Waals surface area contributed by atoms with Gasteiger partial charge in [-0.15, -0.1) is 0 Å². The van der Waals surface area contributed by atoms with Crippen LogP contribution in [-0.2, 0) is 15.0 Å². The predicted molar refractivity (Wildman–Crippen MR) is 152 cm³/mol. The summed E-state index contributed by atoms with van der Waals surface area (Å²) in [7, 11) is 0. The van der Waals surface area contributed by atoms with Gasteiger partial charge < -0.3 is 10.6 Å². The van der Waals surface area contributed by atoms with Crippen molar-refractivity contribution in [3.8, 4) is 0 Å². The maximum absolute atomic E-state index is 13.2. The first-order chi connectivity index (χ1) is 17.4. The van der Waals surface area contributed by atoms with Crippen molar-refractivity contribution in [3.63, 3.8) is 0 Å². The number of rotatable bonds is 4. The van der Waals surface area contributed by atoms with E-state index < -0.39 is 17.7 Å². The Hall–Kier alpha value is -3.33. The molecule has 0 unspecified atom stereocenters. The number of nitrogens with zero attached hydrogens (tertiary/aromatic N) is 1. The topological polar surface area (TPSA) is 92.2 Å². The molecule has 3 N–H and O–H groups in total. The molecule has 0 spiro atoms. The van der Waals surface area contributed by atoms with E-state index in [-0.39, 0.29) is 16.1 Å². The lowest BCUT2D eigenvalue weighted by atomic mass is 9.87. The Kier molecular flexibility index (Phi) is 7.64. The van der Waals surface area contributed by atoms with Crippen molar-refractivity contribution in [3.05, 3.63) is 92.5 Å². The highest BCUT2D eigenvalue weighted by Gasteiger charge is 2.22. The molecule has 1 heterocycles. The lowest BCUT2D eigenvalue weighted by Crippen LogP contribution is -2.36. The van der Waals surface area contributed by atoms with E-state index >= 15 is 0 Å². The van der Waals surface area contributed by atoms with E-state index in [4.69, 9.17) is 23.2 Å². The lowest BCUT2D eigenvalue weighted by molar-refractivity contribution is -0.133. The molecule has 0 fully saturated rings. The van der Waals surface area contributed by atoms with Gasteiger partial charge in [0.1, 0.15) is 5.69 Å². The van der Waals surface area contributed by atoms with Crippen LogP contribution in [0.2, 0.25) is 10.0 Å². The minimum Gasteiger partial charge on any atom is -0.321 e. The van der Waals surface area contributed by atoms with E-state index in [9.17, 15) is 14.4 Å². The zero-order chi connectivity index (χ0) is 26.9. The number of fused-ring (bicyclic) bond motifs is 1. The molecule has 7 nitrogen and oxygen atoms in total. The summed E-state index contributed by atoms with van der Waals surface area (Å²) in [4.78, 5) is 38.7. The smallest absolute Gasteiger partial charge is 0.321 e. The number of anilines is 2. The Morgan fingerprint density at radius 2 is 1.46 bits per heavy atom. The molecule has 3 amide bonds. The van der Waals surface area contributed by atoms with E-state index in [1.807, 2.05) is 12.1 Å². The quantitative estimate of drug-likeness (QED) is 0.221. The van der Waals surface area contributed by atoms with Crippen molar-refractivity contribution < 1.29 is 14.4 Å². The van der Waals surface area contributed by atoms with Crippen molar-refractivity contribution in [2.45, 2.75) is 26.2 Å². The molecule has 0 aliphatic rings. The summed E-state index contributed by atoms with van der Waals surface area (Å²) in [6, 6.07) is 18.9. The van der Waals surface area contributed by atoms with E-state index in [1.54, 1.807) is 48.5 Å². The zero-order valence-corrected chi connectivity index (χ0v) is 23.3. The number of hydrogen-bond donors (Lipinski definition) is 3. The van der Waals surface area contributed by atoms with Gasteiger partial charge in [-0.3, -0.25) is 19.8 Å². The highest BCUT2D eigenvalue weighted by Crippen LogP contribution is 2.27. The molecule has 0 atom stereocenters. The molecule has 0 aliphatic heterocycles. The molecule has 0 aliphatic carbocycles. The first-order valence-electron chi connectivity index (χ1n) is 11.2. The van der Waals surface area contributed by atoms with Gasteiger partial charge in [0, 0.05) is 21.2 Å². The number of hydrogen-bond acceptors (Lipinski definition) is 3. The second-order valence-electron chi connectivity index (χ2n) is 9.37. The fourth-order valence-corrected chi connectivity index (χ4v) is 4.31. The van der Waals surface area contributed by atoms with Crippen molar-refractivity contribution in [1.29, 1.82) is 0 Å². The molecule has 37 heavy (non-hydrogen) atoms. The summed E-state index contributed by atoms with van der Waals surface area (Å²) in [6.45, 7) is 6.26. The Morgan fingerprint density at radius 3 is 2.11 bits per heavy atom. The van der Waals surface area contributed by atoms with Crippen LogP contribution in [-0.4, -0.2) is 22.4 Å². The molecule has 3 aromatic carbocycles. The maximum Gasteiger partial charge on any atom is 0.328 e. The van der Waals surface area contributed by atoms with Gasteiger partial charge in [-0.05, 0) is 65.6 Å². The molecular weight excluding hydrogens is 579 g/mol. The van der Waals surface area contributed by atoms with Crippen LogP contribution in [0.15, 0.2) is 71.2 Å². The largest absolute Gasteiger partial charge is 0.328 e. The number of amides is 3. The van der Waals surface area contributed by atoms with Gasteiger partial charge in [0.05, 0.1) is 15.6 Å². The highest BCUT2D eigenvalue weighted by molar-refractivity contribution is 9.10. The number of nitrogens with one attached hydrogen (secondary N) is 3.